The van der Waals surface area contributed by atoms with E-state index in [0.29, 0.717) is 56.4 Å². The van der Waals surface area contributed by atoms with Crippen LogP contribution in [0.3, 0.4) is 0 Å². The Balaban J connectivity index is 0.000000501. The lowest BCUT2D eigenvalue weighted by Crippen LogP contribution is -2.42. The van der Waals surface area contributed by atoms with Crippen LogP contribution < -0.4 is 10.2 Å². The van der Waals surface area contributed by atoms with E-state index in [1.807, 2.05) is 42.2 Å². The van der Waals surface area contributed by atoms with Crippen molar-refractivity contribution in [2.24, 2.45) is 0 Å². The molecule has 0 radical (unpaired) electrons. The minimum Gasteiger partial charge on any atom is -0.506 e. The van der Waals surface area contributed by atoms with E-state index < -0.39 is 10.1 Å². The van der Waals surface area contributed by atoms with E-state index in [9.17, 15) is 23.1 Å². The van der Waals surface area contributed by atoms with Gasteiger partial charge in [-0.3, -0.25) is 14.1 Å². The van der Waals surface area contributed by atoms with Crippen LogP contribution in [-0.2, 0) is 32.5 Å². The van der Waals surface area contributed by atoms with Gasteiger partial charge in [0.05, 0.1) is 29.2 Å². The summed E-state index contributed by atoms with van der Waals surface area (Å²) in [6, 6.07) is 17.2. The Hall–Kier alpha value is -3.30. The maximum Gasteiger partial charge on any atom is 0.305 e. The first kappa shape index (κ1) is 40.1. The molecule has 1 aromatic heterocycles. The Morgan fingerprint density at radius 2 is 1.71 bits per heavy atom. The summed E-state index contributed by atoms with van der Waals surface area (Å²) in [5.41, 5.74) is 3.59. The smallest absolute Gasteiger partial charge is 0.305 e. The molecule has 0 spiro atoms. The fourth-order valence-electron chi connectivity index (χ4n) is 5.01. The first-order chi connectivity index (χ1) is 23.4. The van der Waals surface area contributed by atoms with Crippen molar-refractivity contribution in [2.45, 2.75) is 44.9 Å². The average molecular weight is 735 g/mol. The monoisotopic (exact) mass is 734 g/mol. The number of nitrogens with one attached hydrogen (secondary N) is 2. The third kappa shape index (κ3) is 13.9. The molecular formula is C35H47ClN4O7S2. The number of carbonyl (C=O) groups excluding carboxylic acids is 1. The molecule has 1 heterocycles. The van der Waals surface area contributed by atoms with Crippen molar-refractivity contribution in [1.82, 2.24) is 20.1 Å². The van der Waals surface area contributed by atoms with Gasteiger partial charge in [0.2, 0.25) is 5.91 Å². The summed E-state index contributed by atoms with van der Waals surface area (Å²) in [6.45, 7) is 12.5. The van der Waals surface area contributed by atoms with Crippen molar-refractivity contribution >= 4 is 49.2 Å². The molecule has 268 valence electrons. The number of benzene rings is 3. The van der Waals surface area contributed by atoms with Crippen LogP contribution in [0.5, 0.6) is 5.75 Å². The summed E-state index contributed by atoms with van der Waals surface area (Å²) in [6.07, 6.45) is 1.83. The quantitative estimate of drug-likeness (QED) is 0.0805. The molecule has 0 bridgehead atoms. The van der Waals surface area contributed by atoms with Gasteiger partial charge in [-0.25, -0.2) is 0 Å². The van der Waals surface area contributed by atoms with Crippen molar-refractivity contribution in [3.05, 3.63) is 92.0 Å². The molecule has 4 aromatic rings. The van der Waals surface area contributed by atoms with E-state index in [1.54, 1.807) is 18.2 Å². The molecule has 0 aliphatic rings. The largest absolute Gasteiger partial charge is 0.506 e. The Morgan fingerprint density at radius 1 is 0.980 bits per heavy atom. The minimum absolute atomic E-state index is 0.0666. The summed E-state index contributed by atoms with van der Waals surface area (Å²) in [7, 11) is -4.02. The van der Waals surface area contributed by atoms with Gasteiger partial charge in [0.15, 0.2) is 0 Å². The zero-order valence-electron chi connectivity index (χ0n) is 28.3. The molecule has 0 aliphatic heterocycles. The Labute approximate surface area is 297 Å². The number of rotatable bonds is 18. The second-order valence-electron chi connectivity index (χ2n) is 11.4. The lowest BCUT2D eigenvalue weighted by Gasteiger charge is -2.27. The van der Waals surface area contributed by atoms with Crippen molar-refractivity contribution in [3.63, 3.8) is 0 Å². The highest BCUT2D eigenvalue weighted by Crippen LogP contribution is 2.27. The van der Waals surface area contributed by atoms with E-state index in [-0.39, 0.29) is 21.4 Å². The topological polar surface area (TPSA) is 152 Å². The molecule has 14 heteroatoms. The molecule has 0 aliphatic carbocycles. The number of aromatic amines is 1. The van der Waals surface area contributed by atoms with E-state index in [0.717, 1.165) is 65.2 Å². The number of amides is 1. The number of H-pyrrole nitrogens is 1. The van der Waals surface area contributed by atoms with E-state index in [2.05, 4.69) is 29.0 Å². The van der Waals surface area contributed by atoms with Gasteiger partial charge in [-0.15, -0.1) is 0 Å². The van der Waals surface area contributed by atoms with E-state index in [4.69, 9.17) is 20.9 Å². The fourth-order valence-corrected chi connectivity index (χ4v) is 6.60. The SMILES string of the molecule is CCN(CC)CCN(CCNCCc1ccc(O)c2[nH]c(=O)sc12)C(=O)CCOCCc1cccc(Cl)c1.Cc1ccc(S(=O)(=O)O)cc1. The van der Waals surface area contributed by atoms with Crippen LogP contribution in [-0.4, -0.2) is 97.8 Å². The summed E-state index contributed by atoms with van der Waals surface area (Å²) < 4.78 is 36.1. The summed E-state index contributed by atoms with van der Waals surface area (Å²) >= 11 is 7.15. The molecular weight excluding hydrogens is 688 g/mol. The van der Waals surface area contributed by atoms with Gasteiger partial charge in [-0.2, -0.15) is 8.42 Å². The van der Waals surface area contributed by atoms with Crippen molar-refractivity contribution in [2.75, 3.05) is 59.0 Å². The van der Waals surface area contributed by atoms with Gasteiger partial charge in [-0.05, 0) is 80.9 Å². The van der Waals surface area contributed by atoms with Gasteiger partial charge in [-0.1, -0.05) is 72.7 Å². The number of likely N-dealkylation sites (N-methyl/N-ethyl adjacent to an activating group) is 1. The number of phenolic OH excluding ortho intramolecular Hbond substituents is 1. The van der Waals surface area contributed by atoms with Gasteiger partial charge in [0.1, 0.15) is 11.3 Å². The Kier molecular flexibility index (Phi) is 16.7. The third-order valence-corrected chi connectivity index (χ3v) is 9.97. The molecule has 4 rings (SSSR count). The number of halogens is 1. The highest BCUT2D eigenvalue weighted by atomic mass is 35.5. The molecule has 4 N–H and O–H groups in total. The number of aromatic nitrogens is 1. The van der Waals surface area contributed by atoms with Crippen LogP contribution in [0.15, 0.2) is 70.4 Å². The molecule has 0 fully saturated rings. The van der Waals surface area contributed by atoms with Crippen molar-refractivity contribution < 1.29 is 27.6 Å². The molecule has 1 amide bonds. The molecule has 0 saturated heterocycles. The van der Waals surface area contributed by atoms with Crippen LogP contribution >= 0.6 is 22.9 Å². The van der Waals surface area contributed by atoms with Crippen LogP contribution in [0, 0.1) is 6.92 Å². The predicted molar refractivity (Wildman–Crippen MR) is 197 cm³/mol. The van der Waals surface area contributed by atoms with Crippen LogP contribution in [0.2, 0.25) is 5.02 Å². The van der Waals surface area contributed by atoms with E-state index >= 15 is 0 Å². The molecule has 3 aromatic carbocycles. The predicted octanol–water partition coefficient (Wildman–Crippen LogP) is 5.14. The average Bonchev–Trinajstić information content (AvgIpc) is 3.47. The summed E-state index contributed by atoms with van der Waals surface area (Å²) in [5.74, 6) is 0.185. The standard InChI is InChI=1S/C28H39ClN4O4S.C7H8O3S/c1-3-32(4-2)16-17-33(25(35)12-19-37-18-11-21-6-5-7-23(29)20-21)15-14-30-13-10-22-8-9-24(34)26-27(22)38-28(36)31-26;1-6-2-4-7(5-3-6)11(8,9)10/h5-9,20,30,34H,3-4,10-19H2,1-2H3,(H,31,36);2-5H,1H3,(H,8,9,10). The number of ether oxygens (including phenoxy) is 1. The second kappa shape index (κ2) is 20.4. The van der Waals surface area contributed by atoms with Crippen LogP contribution in [0.4, 0.5) is 0 Å². The second-order valence-corrected chi connectivity index (χ2v) is 14.2. The number of hydrogen-bond acceptors (Lipinski definition) is 9. The summed E-state index contributed by atoms with van der Waals surface area (Å²) in [4.78, 5) is 31.4. The molecule has 49 heavy (non-hydrogen) atoms. The third-order valence-electron chi connectivity index (χ3n) is 7.91. The zero-order chi connectivity index (χ0) is 35.8. The number of hydrogen-bond donors (Lipinski definition) is 4. The number of carbonyl (C=O) groups is 1. The zero-order valence-corrected chi connectivity index (χ0v) is 30.7. The lowest BCUT2D eigenvalue weighted by molar-refractivity contribution is -0.132. The number of fused-ring (bicyclic) bond motifs is 1. The highest BCUT2D eigenvalue weighted by molar-refractivity contribution is 7.85. The number of aryl methyl sites for hydroxylation is 1. The van der Waals surface area contributed by atoms with Gasteiger partial charge in [0.25, 0.3) is 10.1 Å². The number of nitrogens with zero attached hydrogens (tertiary/aromatic N) is 2. The molecule has 0 atom stereocenters. The van der Waals surface area contributed by atoms with Gasteiger partial charge < -0.3 is 29.9 Å². The first-order valence-electron chi connectivity index (χ1n) is 16.3. The van der Waals surface area contributed by atoms with Crippen molar-refractivity contribution in [1.29, 1.82) is 0 Å². The van der Waals surface area contributed by atoms with E-state index in [1.165, 1.54) is 12.1 Å². The maximum atomic E-state index is 13.0. The minimum atomic E-state index is -4.02. The normalized spacial score (nSPS) is 11.5. The molecule has 0 saturated carbocycles. The summed E-state index contributed by atoms with van der Waals surface area (Å²) in [5, 5.41) is 14.1. The Morgan fingerprint density at radius 3 is 2.39 bits per heavy atom. The van der Waals surface area contributed by atoms with Crippen LogP contribution in [0.25, 0.3) is 10.2 Å². The van der Waals surface area contributed by atoms with Crippen molar-refractivity contribution in [3.8, 4) is 5.75 Å². The first-order valence-corrected chi connectivity index (χ1v) is 19.0. The molecule has 11 nitrogen and oxygen atoms in total. The van der Waals surface area contributed by atoms with Crippen LogP contribution in [0.1, 0.15) is 37.0 Å². The number of phenols is 1. The lowest BCUT2D eigenvalue weighted by atomic mass is 10.1. The maximum absolute atomic E-state index is 13.0. The fraction of sp³-hybridized carbons (Fsp3) is 0.429. The molecule has 0 unspecified atom stereocenters. The Bertz CT molecular complexity index is 1770. The highest BCUT2D eigenvalue weighted by Gasteiger charge is 2.15. The number of aromatic hydroxyl groups is 1. The number of thiazole rings is 1. The van der Waals surface area contributed by atoms with Gasteiger partial charge >= 0.3 is 4.87 Å². The van der Waals surface area contributed by atoms with Gasteiger partial charge in [0, 0.05) is 31.2 Å².